The van der Waals surface area contributed by atoms with E-state index in [9.17, 15) is 0 Å². The van der Waals surface area contributed by atoms with E-state index in [2.05, 4.69) is 11.1 Å². The van der Waals surface area contributed by atoms with Crippen LogP contribution in [0, 0.1) is 5.92 Å². The van der Waals surface area contributed by atoms with Gasteiger partial charge in [-0.15, -0.1) is 0 Å². The van der Waals surface area contributed by atoms with Crippen molar-refractivity contribution in [2.45, 2.75) is 25.7 Å². The molecule has 1 atom stereocenters. The highest BCUT2D eigenvalue weighted by Gasteiger charge is 2.23. The average molecular weight is 272 g/mol. The smallest absolute Gasteiger partial charge is 0.199 e. The average Bonchev–Trinajstić information content (AvgIpc) is 2.88. The van der Waals surface area contributed by atoms with Crippen LogP contribution in [0.5, 0.6) is 5.75 Å². The Bertz CT molecular complexity index is 592. The summed E-state index contributed by atoms with van der Waals surface area (Å²) in [5.41, 5.74) is 8.00. The maximum atomic E-state index is 5.88. The van der Waals surface area contributed by atoms with Gasteiger partial charge in [0.25, 0.3) is 0 Å². The maximum Gasteiger partial charge on any atom is 0.199 e. The zero-order chi connectivity index (χ0) is 13.9. The van der Waals surface area contributed by atoms with Gasteiger partial charge < -0.3 is 14.9 Å². The van der Waals surface area contributed by atoms with Gasteiger partial charge in [0.05, 0.1) is 12.8 Å². The van der Waals surface area contributed by atoms with Crippen LogP contribution in [0.15, 0.2) is 28.7 Å². The summed E-state index contributed by atoms with van der Waals surface area (Å²) < 4.78 is 11.1. The van der Waals surface area contributed by atoms with E-state index in [1.54, 1.807) is 7.11 Å². The van der Waals surface area contributed by atoms with E-state index in [0.29, 0.717) is 12.3 Å². The topological polar surface area (TPSA) is 61.3 Å². The minimum absolute atomic E-state index is 0.553. The van der Waals surface area contributed by atoms with Crippen molar-refractivity contribution in [3.63, 3.8) is 0 Å². The maximum absolute atomic E-state index is 5.88. The van der Waals surface area contributed by atoms with Crippen LogP contribution < -0.4 is 10.5 Å². The van der Waals surface area contributed by atoms with Gasteiger partial charge in [0.2, 0.25) is 0 Å². The molecule has 2 aromatic rings. The lowest BCUT2D eigenvalue weighted by molar-refractivity contribution is 0.398. The number of aromatic nitrogens is 1. The predicted molar refractivity (Wildman–Crippen MR) is 76.9 cm³/mol. The van der Waals surface area contributed by atoms with Crippen LogP contribution >= 0.6 is 0 Å². The first-order valence-electron chi connectivity index (χ1n) is 7.09. The molecule has 0 amide bonds. The van der Waals surface area contributed by atoms with E-state index in [-0.39, 0.29) is 0 Å². The number of oxazole rings is 1. The third-order valence-corrected chi connectivity index (χ3v) is 3.91. The van der Waals surface area contributed by atoms with Crippen LogP contribution in [-0.2, 0) is 19.3 Å². The molecule has 3 rings (SSSR count). The van der Waals surface area contributed by atoms with Crippen molar-refractivity contribution >= 4 is 0 Å². The SMILES string of the molecule is COc1cccc(Cc2nc3c(o2)CCC(CN)C3)c1. The molecule has 1 aromatic carbocycles. The molecule has 0 radical (unpaired) electrons. The Morgan fingerprint density at radius 3 is 3.15 bits per heavy atom. The van der Waals surface area contributed by atoms with Gasteiger partial charge in [0.1, 0.15) is 11.5 Å². The molecule has 0 spiro atoms. The highest BCUT2D eigenvalue weighted by molar-refractivity contribution is 5.30. The molecule has 1 aliphatic carbocycles. The highest BCUT2D eigenvalue weighted by Crippen LogP contribution is 2.26. The number of hydrogen-bond donors (Lipinski definition) is 1. The van der Waals surface area contributed by atoms with Gasteiger partial charge in [0, 0.05) is 12.8 Å². The summed E-state index contributed by atoms with van der Waals surface area (Å²) in [7, 11) is 1.68. The van der Waals surface area contributed by atoms with Gasteiger partial charge in [-0.05, 0) is 43.0 Å². The summed E-state index contributed by atoms with van der Waals surface area (Å²) in [5.74, 6) is 3.26. The van der Waals surface area contributed by atoms with Gasteiger partial charge in [-0.25, -0.2) is 4.98 Å². The van der Waals surface area contributed by atoms with Crippen molar-refractivity contribution in [1.82, 2.24) is 4.98 Å². The van der Waals surface area contributed by atoms with Crippen molar-refractivity contribution in [3.8, 4) is 5.75 Å². The number of nitrogens with zero attached hydrogens (tertiary/aromatic N) is 1. The molecule has 4 nitrogen and oxygen atoms in total. The van der Waals surface area contributed by atoms with Gasteiger partial charge in [0.15, 0.2) is 5.89 Å². The van der Waals surface area contributed by atoms with Gasteiger partial charge in [-0.3, -0.25) is 0 Å². The first-order chi connectivity index (χ1) is 9.78. The Balaban J connectivity index is 1.77. The molecule has 20 heavy (non-hydrogen) atoms. The Labute approximate surface area is 119 Å². The number of fused-ring (bicyclic) bond motifs is 1. The van der Waals surface area contributed by atoms with E-state index in [1.165, 1.54) is 0 Å². The number of nitrogens with two attached hydrogens (primary N) is 1. The second kappa shape index (κ2) is 5.67. The van der Waals surface area contributed by atoms with Crippen molar-refractivity contribution < 1.29 is 9.15 Å². The molecule has 106 valence electrons. The van der Waals surface area contributed by atoms with Crippen LogP contribution in [0.2, 0.25) is 0 Å². The van der Waals surface area contributed by atoms with Gasteiger partial charge >= 0.3 is 0 Å². The van der Waals surface area contributed by atoms with E-state index >= 15 is 0 Å². The first-order valence-corrected chi connectivity index (χ1v) is 7.09. The fourth-order valence-electron chi connectivity index (χ4n) is 2.74. The van der Waals surface area contributed by atoms with Crippen LogP contribution in [0.1, 0.15) is 29.3 Å². The molecule has 0 bridgehead atoms. The molecule has 4 heteroatoms. The number of methoxy groups -OCH3 is 1. The van der Waals surface area contributed by atoms with Crippen LogP contribution in [-0.4, -0.2) is 18.6 Å². The second-order valence-corrected chi connectivity index (χ2v) is 5.35. The van der Waals surface area contributed by atoms with E-state index < -0.39 is 0 Å². The quantitative estimate of drug-likeness (QED) is 0.928. The molecule has 1 aromatic heterocycles. The number of ether oxygens (including phenoxy) is 1. The summed E-state index contributed by atoms with van der Waals surface area (Å²) in [6, 6.07) is 8.01. The summed E-state index contributed by atoms with van der Waals surface area (Å²) in [4.78, 5) is 4.64. The second-order valence-electron chi connectivity index (χ2n) is 5.35. The lowest BCUT2D eigenvalue weighted by Crippen LogP contribution is -2.21. The molecule has 0 saturated heterocycles. The molecule has 1 unspecified atom stereocenters. The Hall–Kier alpha value is -1.81. The minimum atomic E-state index is 0.553. The number of rotatable bonds is 4. The fraction of sp³-hybridized carbons (Fsp3) is 0.438. The van der Waals surface area contributed by atoms with Crippen LogP contribution in [0.3, 0.4) is 0 Å². The van der Waals surface area contributed by atoms with Crippen molar-refractivity contribution in [1.29, 1.82) is 0 Å². The molecule has 1 heterocycles. The molecule has 1 aliphatic rings. The minimum Gasteiger partial charge on any atom is -0.497 e. The summed E-state index contributed by atoms with van der Waals surface area (Å²) in [5, 5.41) is 0. The molecule has 0 saturated carbocycles. The van der Waals surface area contributed by atoms with Gasteiger partial charge in [-0.1, -0.05) is 12.1 Å². The van der Waals surface area contributed by atoms with E-state index in [0.717, 1.165) is 54.5 Å². The molecular weight excluding hydrogens is 252 g/mol. The van der Waals surface area contributed by atoms with Gasteiger partial charge in [-0.2, -0.15) is 0 Å². The highest BCUT2D eigenvalue weighted by atomic mass is 16.5. The summed E-state index contributed by atoms with van der Waals surface area (Å²) in [6.45, 7) is 0.734. The molecular formula is C16H20N2O2. The summed E-state index contributed by atoms with van der Waals surface area (Å²) in [6.07, 6.45) is 3.73. The van der Waals surface area contributed by atoms with Crippen LogP contribution in [0.25, 0.3) is 0 Å². The third kappa shape index (κ3) is 2.70. The summed E-state index contributed by atoms with van der Waals surface area (Å²) >= 11 is 0. The largest absolute Gasteiger partial charge is 0.497 e. The Morgan fingerprint density at radius 1 is 1.45 bits per heavy atom. The van der Waals surface area contributed by atoms with Crippen molar-refractivity contribution in [3.05, 3.63) is 47.2 Å². The predicted octanol–water partition coefficient (Wildman–Crippen LogP) is 2.34. The number of benzene rings is 1. The normalized spacial score (nSPS) is 17.8. The lowest BCUT2D eigenvalue weighted by Gasteiger charge is -2.17. The Kier molecular flexibility index (Phi) is 3.74. The van der Waals surface area contributed by atoms with Crippen LogP contribution in [0.4, 0.5) is 0 Å². The number of aryl methyl sites for hydroxylation is 1. The number of hydrogen-bond acceptors (Lipinski definition) is 4. The van der Waals surface area contributed by atoms with E-state index in [4.69, 9.17) is 14.9 Å². The first kappa shape index (κ1) is 13.2. The lowest BCUT2D eigenvalue weighted by atomic mass is 9.90. The zero-order valence-corrected chi connectivity index (χ0v) is 11.8. The van der Waals surface area contributed by atoms with Crippen molar-refractivity contribution in [2.75, 3.05) is 13.7 Å². The van der Waals surface area contributed by atoms with E-state index in [1.807, 2.05) is 18.2 Å². The zero-order valence-electron chi connectivity index (χ0n) is 11.8. The monoisotopic (exact) mass is 272 g/mol. The standard InChI is InChI=1S/C16H20N2O2/c1-19-13-4-2-3-11(7-13)9-16-18-14-8-12(10-17)5-6-15(14)20-16/h2-4,7,12H,5-6,8-10,17H2,1H3. The molecule has 2 N–H and O–H groups in total. The molecule has 0 aliphatic heterocycles. The third-order valence-electron chi connectivity index (χ3n) is 3.91. The fourth-order valence-corrected chi connectivity index (χ4v) is 2.74. The molecule has 0 fully saturated rings. The Morgan fingerprint density at radius 2 is 2.35 bits per heavy atom. The van der Waals surface area contributed by atoms with Crippen molar-refractivity contribution in [2.24, 2.45) is 11.7 Å².